The van der Waals surface area contributed by atoms with Crippen LogP contribution < -0.4 is 39.6 Å². The maximum absolute atomic E-state index is 14.3. The van der Waals surface area contributed by atoms with E-state index >= 15 is 0 Å². The van der Waals surface area contributed by atoms with Crippen LogP contribution in [0, 0.1) is 31.1 Å². The number of nitriles is 1. The highest BCUT2D eigenvalue weighted by molar-refractivity contribution is 7.99. The predicted molar refractivity (Wildman–Crippen MR) is 238 cm³/mol. The molecule has 3 unspecified atom stereocenters. The number of carbonyl (C=O) groups is 5. The van der Waals surface area contributed by atoms with Crippen molar-refractivity contribution < 1.29 is 61.9 Å². The Morgan fingerprint density at radius 1 is 0.985 bits per heavy atom. The molecule has 2 aromatic carbocycles. The van der Waals surface area contributed by atoms with E-state index in [1.54, 1.807) is 48.7 Å². The van der Waals surface area contributed by atoms with E-state index in [4.69, 9.17) is 37.9 Å². The van der Waals surface area contributed by atoms with Crippen molar-refractivity contribution in [1.82, 2.24) is 25.8 Å². The van der Waals surface area contributed by atoms with Gasteiger partial charge in [0.15, 0.2) is 29.8 Å². The van der Waals surface area contributed by atoms with Gasteiger partial charge in [0.25, 0.3) is 0 Å². The fourth-order valence-corrected chi connectivity index (χ4v) is 11.4. The van der Waals surface area contributed by atoms with E-state index in [-0.39, 0.29) is 37.7 Å². The zero-order valence-electron chi connectivity index (χ0n) is 39.4. The number of ether oxygens (including phenoxy) is 8. The van der Waals surface area contributed by atoms with Crippen LogP contribution in [0.15, 0.2) is 6.07 Å². The number of nitrogens with zero attached hydrogens (tertiary/aromatic N) is 3. The first kappa shape index (κ1) is 48.4. The van der Waals surface area contributed by atoms with Gasteiger partial charge in [-0.05, 0) is 72.1 Å². The van der Waals surface area contributed by atoms with E-state index < -0.39 is 88.9 Å². The number of fused-ring (bicyclic) bond motifs is 9. The zero-order valence-corrected chi connectivity index (χ0v) is 40.3. The molecule has 66 heavy (non-hydrogen) atoms. The maximum Gasteiger partial charge on any atom is 0.408 e. The topological polar surface area (TPSA) is 226 Å². The molecule has 0 aromatic heterocycles. The van der Waals surface area contributed by atoms with Gasteiger partial charge in [0.05, 0.1) is 30.5 Å². The standard InChI is InChI=1S/C46H60N6O13S/c1-20(2)33(50-42(54)23(5)48-45(57)65-46(7,8)9)43(55)49-26-17-66-41-32-31(40-38(62-19-63-40)22(4)37(32)64-24(6)53)29(16-60-44(26)56)52-28(15-47)27-14-25-13-21(3)36(59-12)39(61-18-58-11)30(25)34(35(41)52)51(27)10/h13,20,23,26-29,33-35,41H,14,16-19H2,1-12H3,(H,48,57)(H,49,55)(H,50,54)/t23?,26-,27-,28-,29-,33?,34+,35?,41+/m0/s1. The summed E-state index contributed by atoms with van der Waals surface area (Å²) in [6, 6.07) is -1.73. The van der Waals surface area contributed by atoms with Gasteiger partial charge in [0.2, 0.25) is 18.6 Å². The maximum atomic E-state index is 14.3. The minimum absolute atomic E-state index is 0.0553. The molecule has 4 bridgehead atoms. The van der Waals surface area contributed by atoms with Crippen LogP contribution in [0.2, 0.25) is 0 Å². The van der Waals surface area contributed by atoms with Crippen molar-refractivity contribution >= 4 is 41.6 Å². The van der Waals surface area contributed by atoms with E-state index in [0.29, 0.717) is 46.1 Å². The van der Waals surface area contributed by atoms with Crippen LogP contribution in [0.5, 0.6) is 28.7 Å². The molecule has 5 aliphatic heterocycles. The number of likely N-dealkylation sites (N-methyl/N-ethyl adjacent to an activating group) is 1. The molecule has 7 rings (SSSR count). The third-order valence-electron chi connectivity index (χ3n) is 12.7. The summed E-state index contributed by atoms with van der Waals surface area (Å²) in [5.74, 6) is -1.03. The van der Waals surface area contributed by atoms with Gasteiger partial charge in [-0.15, -0.1) is 11.8 Å². The third-order valence-corrected chi connectivity index (χ3v) is 14.1. The molecule has 20 heteroatoms. The SMILES string of the molecule is COCOc1c(OC)c(C)cc2c1[C@@H]1C3[C@@H]4SC[C@H](NC(=O)C(NC(=O)C(C)NC(=O)OC(C)(C)C)C(C)C)C(=O)OC[C@@H](c5c6c(c(C)c(OC(C)=O)c54)OCO6)N3[C@@H](C#N)[C@H](C2)N1C. The number of esters is 2. The fourth-order valence-electron chi connectivity index (χ4n) is 9.93. The van der Waals surface area contributed by atoms with E-state index in [1.165, 1.54) is 32.7 Å². The van der Waals surface area contributed by atoms with Crippen LogP contribution >= 0.6 is 11.8 Å². The van der Waals surface area contributed by atoms with E-state index in [2.05, 4.69) is 37.9 Å². The normalized spacial score (nSPS) is 25.2. The van der Waals surface area contributed by atoms with Gasteiger partial charge < -0.3 is 53.8 Å². The molecule has 2 aromatic rings. The minimum Gasteiger partial charge on any atom is -0.493 e. The molecule has 0 spiro atoms. The van der Waals surface area contributed by atoms with Gasteiger partial charge in [-0.3, -0.25) is 24.2 Å². The second kappa shape index (κ2) is 19.0. The second-order valence-corrected chi connectivity index (χ2v) is 19.7. The monoisotopic (exact) mass is 936 g/mol. The molecule has 19 nitrogen and oxygen atoms in total. The Kier molecular flexibility index (Phi) is 14.0. The first-order valence-corrected chi connectivity index (χ1v) is 23.0. The number of amides is 3. The Labute approximate surface area is 388 Å². The summed E-state index contributed by atoms with van der Waals surface area (Å²) < 4.78 is 47.7. The quantitative estimate of drug-likeness (QED) is 0.164. The summed E-state index contributed by atoms with van der Waals surface area (Å²) in [4.78, 5) is 71.7. The van der Waals surface area contributed by atoms with Crippen molar-refractivity contribution in [3.05, 3.63) is 39.4 Å². The number of methoxy groups -OCH3 is 2. The minimum atomic E-state index is -1.23. The number of thioether (sulfide) groups is 1. The lowest BCUT2D eigenvalue weighted by atomic mass is 9.71. The average Bonchev–Trinajstić information content (AvgIpc) is 3.73. The third kappa shape index (κ3) is 8.89. The largest absolute Gasteiger partial charge is 0.493 e. The number of piperazine rings is 1. The lowest BCUT2D eigenvalue weighted by Gasteiger charge is -2.61. The molecule has 5 heterocycles. The Balaban J connectivity index is 1.34. The van der Waals surface area contributed by atoms with Gasteiger partial charge in [0, 0.05) is 54.1 Å². The molecule has 5 aliphatic rings. The molecular formula is C46H60N6O13S. The number of aryl methyl sites for hydroxylation is 1. The zero-order chi connectivity index (χ0) is 48.1. The fraction of sp³-hybridized carbons (Fsp3) is 0.609. The van der Waals surface area contributed by atoms with Gasteiger partial charge >= 0.3 is 18.0 Å². The number of hydrogen-bond acceptors (Lipinski definition) is 17. The number of alkyl carbamates (subject to hydrolysis) is 1. The molecule has 2 saturated heterocycles. The highest BCUT2D eigenvalue weighted by atomic mass is 32.2. The van der Waals surface area contributed by atoms with Crippen LogP contribution in [-0.2, 0) is 39.8 Å². The average molecular weight is 937 g/mol. The van der Waals surface area contributed by atoms with Crippen LogP contribution in [-0.4, -0.2) is 129 Å². The molecule has 3 amide bonds. The summed E-state index contributed by atoms with van der Waals surface area (Å²) in [5.41, 5.74) is 3.57. The van der Waals surface area contributed by atoms with Crippen LogP contribution in [0.3, 0.4) is 0 Å². The first-order chi connectivity index (χ1) is 31.2. The molecular weight excluding hydrogens is 877 g/mol. The van der Waals surface area contributed by atoms with Crippen LogP contribution in [0.4, 0.5) is 4.79 Å². The summed E-state index contributed by atoms with van der Waals surface area (Å²) in [5, 5.41) is 18.6. The van der Waals surface area contributed by atoms with Crippen molar-refractivity contribution in [3.8, 4) is 34.8 Å². The van der Waals surface area contributed by atoms with Crippen molar-refractivity contribution in [2.24, 2.45) is 5.92 Å². The second-order valence-electron chi connectivity index (χ2n) is 18.6. The number of nitrogens with one attached hydrogen (secondary N) is 3. The number of cyclic esters (lactones) is 1. The molecule has 0 radical (unpaired) electrons. The highest BCUT2D eigenvalue weighted by Crippen LogP contribution is 2.64. The molecule has 0 saturated carbocycles. The van der Waals surface area contributed by atoms with Crippen LogP contribution in [0.25, 0.3) is 0 Å². The van der Waals surface area contributed by atoms with E-state index in [1.807, 2.05) is 14.0 Å². The van der Waals surface area contributed by atoms with Crippen molar-refractivity contribution in [3.63, 3.8) is 0 Å². The first-order valence-electron chi connectivity index (χ1n) is 22.0. The van der Waals surface area contributed by atoms with E-state index in [0.717, 1.165) is 16.7 Å². The van der Waals surface area contributed by atoms with Gasteiger partial charge in [0.1, 0.15) is 42.1 Å². The molecule has 3 N–H and O–H groups in total. The number of benzene rings is 2. The number of hydrogen-bond donors (Lipinski definition) is 3. The molecule has 358 valence electrons. The summed E-state index contributed by atoms with van der Waals surface area (Å²) in [6.45, 7) is 14.6. The highest BCUT2D eigenvalue weighted by Gasteiger charge is 2.61. The summed E-state index contributed by atoms with van der Waals surface area (Å²) in [7, 11) is 5.10. The number of rotatable bonds is 11. The predicted octanol–water partition coefficient (Wildman–Crippen LogP) is 4.05. The van der Waals surface area contributed by atoms with Crippen molar-refractivity contribution in [2.45, 2.75) is 128 Å². The molecule has 0 aliphatic carbocycles. The van der Waals surface area contributed by atoms with E-state index in [9.17, 15) is 29.2 Å². The van der Waals surface area contributed by atoms with Crippen molar-refractivity contribution in [1.29, 1.82) is 5.26 Å². The summed E-state index contributed by atoms with van der Waals surface area (Å²) in [6.07, 6.45) is -0.315. The summed E-state index contributed by atoms with van der Waals surface area (Å²) >= 11 is 1.33. The van der Waals surface area contributed by atoms with Crippen molar-refractivity contribution in [2.75, 3.05) is 47.2 Å². The van der Waals surface area contributed by atoms with Gasteiger partial charge in [-0.25, -0.2) is 9.59 Å². The number of carbonyl (C=O) groups excluding carboxylic acids is 5. The van der Waals surface area contributed by atoms with Crippen LogP contribution in [0.1, 0.15) is 99.2 Å². The molecule has 9 atom stereocenters. The lowest BCUT2D eigenvalue weighted by molar-refractivity contribution is -0.153. The Hall–Kier alpha value is -5.49. The Morgan fingerprint density at radius 3 is 2.33 bits per heavy atom. The Morgan fingerprint density at radius 2 is 1.70 bits per heavy atom. The molecule has 2 fully saturated rings. The lowest BCUT2D eigenvalue weighted by Crippen LogP contribution is -2.69. The van der Waals surface area contributed by atoms with Gasteiger partial charge in [-0.2, -0.15) is 5.26 Å². The smallest absolute Gasteiger partial charge is 0.408 e. The van der Waals surface area contributed by atoms with Gasteiger partial charge in [-0.1, -0.05) is 19.9 Å². The Bertz CT molecular complexity index is 2330.